The van der Waals surface area contributed by atoms with E-state index in [0.717, 1.165) is 15.7 Å². The molecule has 2 saturated heterocycles. The Morgan fingerprint density at radius 3 is 2.40 bits per heavy atom. The molecule has 1 aromatic carbocycles. The number of anilines is 1. The molecule has 0 aliphatic carbocycles. The Morgan fingerprint density at radius 1 is 1.13 bits per heavy atom. The number of carbonyl (C=O) groups excluding carboxylic acids is 3. The molecule has 3 rings (SSSR count). The van der Waals surface area contributed by atoms with Gasteiger partial charge in [-0.05, 0) is 56.4 Å². The summed E-state index contributed by atoms with van der Waals surface area (Å²) in [5, 5.41) is 3.09. The van der Waals surface area contributed by atoms with E-state index in [-0.39, 0.29) is 42.0 Å². The molecule has 6 nitrogen and oxygen atoms in total. The fourth-order valence-electron chi connectivity index (χ4n) is 4.05. The van der Waals surface area contributed by atoms with Crippen molar-refractivity contribution in [1.29, 1.82) is 0 Å². The number of rotatable bonds is 5. The second-order valence-corrected chi connectivity index (χ2v) is 9.83. The van der Waals surface area contributed by atoms with Crippen LogP contribution in [0.1, 0.15) is 45.6 Å². The van der Waals surface area contributed by atoms with E-state index in [2.05, 4.69) is 35.1 Å². The predicted molar refractivity (Wildman–Crippen MR) is 121 cm³/mol. The zero-order chi connectivity index (χ0) is 22.0. The first-order chi connectivity index (χ1) is 14.2. The number of halogens is 1. The largest absolute Gasteiger partial charge is 0.353 e. The van der Waals surface area contributed by atoms with Crippen LogP contribution in [0.5, 0.6) is 0 Å². The van der Waals surface area contributed by atoms with Gasteiger partial charge in [-0.3, -0.25) is 14.4 Å². The number of amides is 3. The summed E-state index contributed by atoms with van der Waals surface area (Å²) in [6, 6.07) is 5.96. The minimum atomic E-state index is -0.312. The molecule has 0 aromatic heterocycles. The zero-order valence-corrected chi connectivity index (χ0v) is 19.9. The van der Waals surface area contributed by atoms with E-state index in [1.165, 1.54) is 0 Å². The van der Waals surface area contributed by atoms with Gasteiger partial charge in [-0.1, -0.05) is 29.8 Å². The summed E-state index contributed by atoms with van der Waals surface area (Å²) >= 11 is 3.48. The molecule has 0 saturated carbocycles. The molecule has 0 bridgehead atoms. The lowest BCUT2D eigenvalue weighted by Gasteiger charge is -2.33. The summed E-state index contributed by atoms with van der Waals surface area (Å²) in [4.78, 5) is 41.6. The second-order valence-electron chi connectivity index (χ2n) is 8.98. The number of carbonyl (C=O) groups is 3. The van der Waals surface area contributed by atoms with Crippen molar-refractivity contribution in [3.63, 3.8) is 0 Å². The predicted octanol–water partition coefficient (Wildman–Crippen LogP) is 3.51. The summed E-state index contributed by atoms with van der Waals surface area (Å²) in [5.74, 6) is 0.167. The number of hydrogen-bond acceptors (Lipinski definition) is 3. The summed E-state index contributed by atoms with van der Waals surface area (Å²) in [6.45, 7) is 9.77. The molecule has 2 fully saturated rings. The lowest BCUT2D eigenvalue weighted by molar-refractivity contribution is -0.139. The van der Waals surface area contributed by atoms with Crippen LogP contribution in [0.3, 0.4) is 0 Å². The van der Waals surface area contributed by atoms with Gasteiger partial charge in [-0.25, -0.2) is 0 Å². The molecule has 7 heteroatoms. The molecule has 1 N–H and O–H groups in total. The number of likely N-dealkylation sites (tertiary alicyclic amines) is 1. The topological polar surface area (TPSA) is 69.7 Å². The Labute approximate surface area is 187 Å². The number of nitrogens with zero attached hydrogens (tertiary/aromatic N) is 2. The van der Waals surface area contributed by atoms with Gasteiger partial charge in [0.25, 0.3) is 0 Å². The van der Waals surface area contributed by atoms with Crippen LogP contribution in [0.4, 0.5) is 5.69 Å². The average Bonchev–Trinajstić information content (AvgIpc) is 3.11. The molecule has 2 unspecified atom stereocenters. The van der Waals surface area contributed by atoms with Gasteiger partial charge in [0, 0.05) is 48.2 Å². The minimum absolute atomic E-state index is 0.00740. The maximum Gasteiger partial charge on any atom is 0.228 e. The van der Waals surface area contributed by atoms with Crippen molar-refractivity contribution in [2.75, 3.05) is 24.5 Å². The lowest BCUT2D eigenvalue weighted by atomic mass is 9.93. The molecule has 0 spiro atoms. The van der Waals surface area contributed by atoms with Gasteiger partial charge < -0.3 is 15.1 Å². The average molecular weight is 478 g/mol. The highest BCUT2D eigenvalue weighted by Crippen LogP contribution is 2.30. The quantitative estimate of drug-likeness (QED) is 0.705. The number of piperidine rings is 1. The highest BCUT2D eigenvalue weighted by molar-refractivity contribution is 9.10. The smallest absolute Gasteiger partial charge is 0.228 e. The number of aryl methyl sites for hydroxylation is 1. The standard InChI is InChI=1S/C23H32BrN3O3/c1-14(2)16(4)25-22(29)17-7-9-26(10-8-17)23(30)18-12-21(28)27(13-18)19-5-6-20(24)15(3)11-19/h5-6,11,14,16-18H,7-10,12-13H2,1-4H3,(H,25,29). The Balaban J connectivity index is 1.55. The molecular formula is C23H32BrN3O3. The summed E-state index contributed by atoms with van der Waals surface area (Å²) in [6.07, 6.45) is 1.61. The van der Waals surface area contributed by atoms with Gasteiger partial charge in [0.05, 0.1) is 5.92 Å². The van der Waals surface area contributed by atoms with E-state index in [1.54, 1.807) is 4.90 Å². The Bertz CT molecular complexity index is 818. The summed E-state index contributed by atoms with van der Waals surface area (Å²) in [7, 11) is 0. The van der Waals surface area contributed by atoms with Crippen LogP contribution < -0.4 is 10.2 Å². The third-order valence-corrected chi connectivity index (χ3v) is 7.36. The van der Waals surface area contributed by atoms with Gasteiger partial charge >= 0.3 is 0 Å². The molecule has 2 heterocycles. The van der Waals surface area contributed by atoms with Crippen LogP contribution in [0.25, 0.3) is 0 Å². The molecule has 2 aliphatic rings. The third kappa shape index (κ3) is 5.05. The fraction of sp³-hybridized carbons (Fsp3) is 0.609. The van der Waals surface area contributed by atoms with E-state index < -0.39 is 0 Å². The van der Waals surface area contributed by atoms with Gasteiger partial charge in [0.2, 0.25) is 17.7 Å². The normalized spacial score (nSPS) is 21.3. The third-order valence-electron chi connectivity index (χ3n) is 6.47. The van der Waals surface area contributed by atoms with Gasteiger partial charge in [-0.15, -0.1) is 0 Å². The van der Waals surface area contributed by atoms with Crippen LogP contribution in [-0.2, 0) is 14.4 Å². The number of nitrogens with one attached hydrogen (secondary N) is 1. The highest BCUT2D eigenvalue weighted by Gasteiger charge is 2.38. The molecule has 2 aliphatic heterocycles. The van der Waals surface area contributed by atoms with Crippen molar-refractivity contribution in [2.24, 2.45) is 17.8 Å². The first-order valence-electron chi connectivity index (χ1n) is 10.8. The van der Waals surface area contributed by atoms with E-state index in [9.17, 15) is 14.4 Å². The van der Waals surface area contributed by atoms with E-state index in [4.69, 9.17) is 0 Å². The maximum atomic E-state index is 13.0. The monoisotopic (exact) mass is 477 g/mol. The van der Waals surface area contributed by atoms with Crippen molar-refractivity contribution in [1.82, 2.24) is 10.2 Å². The van der Waals surface area contributed by atoms with Crippen molar-refractivity contribution in [3.8, 4) is 0 Å². The van der Waals surface area contributed by atoms with Crippen LogP contribution in [0.2, 0.25) is 0 Å². The number of hydrogen-bond donors (Lipinski definition) is 1. The van der Waals surface area contributed by atoms with Crippen molar-refractivity contribution in [2.45, 2.75) is 53.0 Å². The number of benzene rings is 1. The Hall–Kier alpha value is -1.89. The molecule has 30 heavy (non-hydrogen) atoms. The summed E-state index contributed by atoms with van der Waals surface area (Å²) in [5.41, 5.74) is 1.90. The highest BCUT2D eigenvalue weighted by atomic mass is 79.9. The van der Waals surface area contributed by atoms with Gasteiger partial charge in [0.15, 0.2) is 0 Å². The second kappa shape index (κ2) is 9.50. The molecule has 2 atom stereocenters. The van der Waals surface area contributed by atoms with Crippen molar-refractivity contribution >= 4 is 39.3 Å². The van der Waals surface area contributed by atoms with E-state index in [1.807, 2.05) is 36.9 Å². The maximum absolute atomic E-state index is 13.0. The van der Waals surface area contributed by atoms with Gasteiger partial charge in [-0.2, -0.15) is 0 Å². The van der Waals surface area contributed by atoms with Gasteiger partial charge in [0.1, 0.15) is 0 Å². The Morgan fingerprint density at radius 2 is 1.80 bits per heavy atom. The van der Waals surface area contributed by atoms with Crippen LogP contribution in [-0.4, -0.2) is 48.3 Å². The van der Waals surface area contributed by atoms with E-state index in [0.29, 0.717) is 38.4 Å². The molecule has 0 radical (unpaired) electrons. The summed E-state index contributed by atoms with van der Waals surface area (Å²) < 4.78 is 1.00. The van der Waals surface area contributed by atoms with Crippen LogP contribution in [0.15, 0.2) is 22.7 Å². The molecule has 164 valence electrons. The van der Waals surface area contributed by atoms with Crippen molar-refractivity contribution < 1.29 is 14.4 Å². The SMILES string of the molecule is Cc1cc(N2CC(C(=O)N3CCC(C(=O)NC(C)C(C)C)CC3)CC2=O)ccc1Br. The first kappa shape index (κ1) is 22.8. The molecule has 1 aromatic rings. The fourth-order valence-corrected chi connectivity index (χ4v) is 4.30. The molecule has 3 amide bonds. The zero-order valence-electron chi connectivity index (χ0n) is 18.3. The first-order valence-corrected chi connectivity index (χ1v) is 11.6. The minimum Gasteiger partial charge on any atom is -0.353 e. The van der Waals surface area contributed by atoms with Crippen LogP contribution >= 0.6 is 15.9 Å². The lowest BCUT2D eigenvalue weighted by Crippen LogP contribution is -2.47. The Kier molecular flexibility index (Phi) is 7.22. The molecular weight excluding hydrogens is 446 g/mol. The van der Waals surface area contributed by atoms with Crippen molar-refractivity contribution in [3.05, 3.63) is 28.2 Å². The van der Waals surface area contributed by atoms with Crippen LogP contribution in [0, 0.1) is 24.7 Å². The van der Waals surface area contributed by atoms with E-state index >= 15 is 0 Å².